The van der Waals surface area contributed by atoms with Crippen LogP contribution in [0.2, 0.25) is 0 Å². The predicted octanol–water partition coefficient (Wildman–Crippen LogP) is 4.38. The van der Waals surface area contributed by atoms with Crippen molar-refractivity contribution in [3.63, 3.8) is 0 Å². The first-order valence-corrected chi connectivity index (χ1v) is 7.62. The second-order valence-corrected chi connectivity index (χ2v) is 5.24. The fourth-order valence-corrected chi connectivity index (χ4v) is 2.19. The lowest BCUT2D eigenvalue weighted by atomic mass is 10.1. The number of nitrogens with one attached hydrogen (secondary N) is 2. The quantitative estimate of drug-likeness (QED) is 0.838. The van der Waals surface area contributed by atoms with Crippen LogP contribution in [0, 0.1) is 0 Å². The fourth-order valence-electron chi connectivity index (χ4n) is 2.19. The number of hydrogen-bond acceptors (Lipinski definition) is 3. The molecule has 25 heavy (non-hydrogen) atoms. The van der Waals surface area contributed by atoms with E-state index in [2.05, 4.69) is 15.6 Å². The number of halogens is 3. The summed E-state index contributed by atoms with van der Waals surface area (Å²) in [4.78, 5) is 16.0. The minimum absolute atomic E-state index is 0.0875. The Morgan fingerprint density at radius 2 is 2.08 bits per heavy atom. The van der Waals surface area contributed by atoms with Crippen LogP contribution in [0.15, 0.2) is 42.7 Å². The van der Waals surface area contributed by atoms with E-state index in [4.69, 9.17) is 4.74 Å². The van der Waals surface area contributed by atoms with E-state index in [1.807, 2.05) is 0 Å². The van der Waals surface area contributed by atoms with Crippen LogP contribution in [0.25, 0.3) is 0 Å². The highest BCUT2D eigenvalue weighted by atomic mass is 19.4. The van der Waals surface area contributed by atoms with Gasteiger partial charge in [0.05, 0.1) is 23.9 Å². The highest BCUT2D eigenvalue weighted by Crippen LogP contribution is 2.37. The highest BCUT2D eigenvalue weighted by Gasteiger charge is 2.34. The van der Waals surface area contributed by atoms with Gasteiger partial charge in [-0.1, -0.05) is 6.07 Å². The van der Waals surface area contributed by atoms with Crippen molar-refractivity contribution in [1.29, 1.82) is 0 Å². The van der Waals surface area contributed by atoms with Crippen LogP contribution in [-0.2, 0) is 6.18 Å². The lowest BCUT2D eigenvalue weighted by Crippen LogP contribution is -2.32. The van der Waals surface area contributed by atoms with Gasteiger partial charge in [0.25, 0.3) is 0 Å². The van der Waals surface area contributed by atoms with Crippen LogP contribution in [0.5, 0.6) is 5.75 Å². The molecule has 1 aromatic heterocycles. The zero-order valence-corrected chi connectivity index (χ0v) is 13.7. The Hall–Kier alpha value is -2.77. The molecule has 1 atom stereocenters. The molecule has 0 saturated carbocycles. The molecule has 1 heterocycles. The average Bonchev–Trinajstić information content (AvgIpc) is 2.56. The molecular formula is C17H18F3N3O2. The van der Waals surface area contributed by atoms with Crippen LogP contribution in [0.4, 0.5) is 23.7 Å². The largest absolute Gasteiger partial charge is 0.494 e. The monoisotopic (exact) mass is 353 g/mol. The van der Waals surface area contributed by atoms with Gasteiger partial charge >= 0.3 is 12.2 Å². The first-order chi connectivity index (χ1) is 11.8. The maximum absolute atomic E-state index is 13.2. The third-order valence-corrected chi connectivity index (χ3v) is 3.39. The molecule has 1 aromatic carbocycles. The molecule has 0 aliphatic rings. The fraction of sp³-hybridized carbons (Fsp3) is 0.294. The second-order valence-electron chi connectivity index (χ2n) is 5.24. The number of nitrogens with zero attached hydrogens (tertiary/aromatic N) is 1. The van der Waals surface area contributed by atoms with Crippen molar-refractivity contribution in [1.82, 2.24) is 10.3 Å². The molecule has 0 saturated heterocycles. The molecule has 5 nitrogen and oxygen atoms in total. The van der Waals surface area contributed by atoms with Crippen LogP contribution in [0.3, 0.4) is 0 Å². The number of ether oxygens (including phenoxy) is 1. The van der Waals surface area contributed by atoms with E-state index in [0.717, 1.165) is 11.6 Å². The van der Waals surface area contributed by atoms with Gasteiger partial charge in [-0.2, -0.15) is 13.2 Å². The van der Waals surface area contributed by atoms with Gasteiger partial charge in [0.2, 0.25) is 0 Å². The molecule has 0 aliphatic heterocycles. The summed E-state index contributed by atoms with van der Waals surface area (Å²) in [5, 5.41) is 4.82. The van der Waals surface area contributed by atoms with Crippen LogP contribution in [0.1, 0.15) is 31.0 Å². The number of urea groups is 1. The normalized spacial score (nSPS) is 12.4. The molecule has 2 amide bonds. The molecule has 0 aliphatic carbocycles. The summed E-state index contributed by atoms with van der Waals surface area (Å²) in [6.07, 6.45) is -1.46. The number of rotatable bonds is 5. The Morgan fingerprint density at radius 1 is 1.32 bits per heavy atom. The molecule has 1 unspecified atom stereocenters. The Balaban J connectivity index is 2.14. The van der Waals surface area contributed by atoms with E-state index >= 15 is 0 Å². The van der Waals surface area contributed by atoms with E-state index < -0.39 is 23.8 Å². The average molecular weight is 353 g/mol. The molecule has 2 aromatic rings. The molecule has 8 heteroatoms. The number of amides is 2. The lowest BCUT2D eigenvalue weighted by Gasteiger charge is -2.18. The van der Waals surface area contributed by atoms with Crippen LogP contribution in [-0.4, -0.2) is 17.6 Å². The molecule has 134 valence electrons. The summed E-state index contributed by atoms with van der Waals surface area (Å²) < 4.78 is 44.7. The minimum atomic E-state index is -4.62. The van der Waals surface area contributed by atoms with Crippen molar-refractivity contribution in [3.8, 4) is 5.75 Å². The van der Waals surface area contributed by atoms with Gasteiger partial charge < -0.3 is 15.4 Å². The number of anilines is 1. The molecular weight excluding hydrogens is 335 g/mol. The Kier molecular flexibility index (Phi) is 5.84. The van der Waals surface area contributed by atoms with Crippen molar-refractivity contribution in [2.75, 3.05) is 11.9 Å². The minimum Gasteiger partial charge on any atom is -0.494 e. The van der Waals surface area contributed by atoms with Crippen molar-refractivity contribution >= 4 is 11.7 Å². The number of carbonyl (C=O) groups is 1. The van der Waals surface area contributed by atoms with E-state index in [1.54, 1.807) is 38.4 Å². The van der Waals surface area contributed by atoms with Gasteiger partial charge in [-0.25, -0.2) is 4.79 Å². The lowest BCUT2D eigenvalue weighted by molar-refractivity contribution is -0.137. The maximum Gasteiger partial charge on any atom is 0.418 e. The SMILES string of the molecule is CCOc1ccc(NC(=O)NC(C)c2cccnc2)c(C(F)(F)F)c1. The number of benzene rings is 1. The second kappa shape index (κ2) is 7.87. The smallest absolute Gasteiger partial charge is 0.418 e. The maximum atomic E-state index is 13.2. The third kappa shape index (κ3) is 5.10. The molecule has 0 radical (unpaired) electrons. The zero-order chi connectivity index (χ0) is 18.4. The molecule has 0 spiro atoms. The molecule has 0 bridgehead atoms. The van der Waals surface area contributed by atoms with E-state index in [-0.39, 0.29) is 18.0 Å². The number of alkyl halides is 3. The van der Waals surface area contributed by atoms with E-state index in [0.29, 0.717) is 0 Å². The summed E-state index contributed by atoms with van der Waals surface area (Å²) >= 11 is 0. The number of aromatic nitrogens is 1. The Bertz CT molecular complexity index is 721. The van der Waals surface area contributed by atoms with Gasteiger partial charge in [-0.3, -0.25) is 4.98 Å². The molecule has 2 N–H and O–H groups in total. The van der Waals surface area contributed by atoms with E-state index in [1.165, 1.54) is 12.1 Å². The third-order valence-electron chi connectivity index (χ3n) is 3.39. The summed E-state index contributed by atoms with van der Waals surface area (Å²) in [5.74, 6) is 0.0875. The van der Waals surface area contributed by atoms with Crippen LogP contribution < -0.4 is 15.4 Å². The standard InChI is InChI=1S/C17H18F3N3O2/c1-3-25-13-6-7-15(14(9-13)17(18,19)20)23-16(24)22-11(2)12-5-4-8-21-10-12/h4-11H,3H2,1-2H3,(H2,22,23,24). The summed E-state index contributed by atoms with van der Waals surface area (Å²) in [6, 6.07) is 5.72. The van der Waals surface area contributed by atoms with E-state index in [9.17, 15) is 18.0 Å². The molecule has 2 rings (SSSR count). The van der Waals surface area contributed by atoms with Crippen LogP contribution >= 0.6 is 0 Å². The van der Waals surface area contributed by atoms with Gasteiger partial charge in [-0.15, -0.1) is 0 Å². The van der Waals surface area contributed by atoms with Gasteiger partial charge in [0.1, 0.15) is 5.75 Å². The Morgan fingerprint density at radius 3 is 2.68 bits per heavy atom. The van der Waals surface area contributed by atoms with Gasteiger partial charge in [0.15, 0.2) is 0 Å². The number of hydrogen-bond donors (Lipinski definition) is 2. The topological polar surface area (TPSA) is 63.2 Å². The highest BCUT2D eigenvalue weighted by molar-refractivity contribution is 5.90. The number of pyridine rings is 1. The predicted molar refractivity (Wildman–Crippen MR) is 87.4 cm³/mol. The van der Waals surface area contributed by atoms with Gasteiger partial charge in [-0.05, 0) is 43.7 Å². The zero-order valence-electron chi connectivity index (χ0n) is 13.7. The summed E-state index contributed by atoms with van der Waals surface area (Å²) in [5.41, 5.74) is -0.574. The van der Waals surface area contributed by atoms with Crippen molar-refractivity contribution in [2.24, 2.45) is 0 Å². The first kappa shape index (κ1) is 18.6. The van der Waals surface area contributed by atoms with Crippen molar-refractivity contribution < 1.29 is 22.7 Å². The summed E-state index contributed by atoms with van der Waals surface area (Å²) in [7, 11) is 0. The molecule has 0 fully saturated rings. The van der Waals surface area contributed by atoms with Crippen molar-refractivity contribution in [3.05, 3.63) is 53.9 Å². The number of carbonyl (C=O) groups excluding carboxylic acids is 1. The van der Waals surface area contributed by atoms with Crippen molar-refractivity contribution in [2.45, 2.75) is 26.1 Å². The Labute approximate surface area is 143 Å². The first-order valence-electron chi connectivity index (χ1n) is 7.62. The van der Waals surface area contributed by atoms with Gasteiger partial charge in [0, 0.05) is 12.4 Å². The summed E-state index contributed by atoms with van der Waals surface area (Å²) in [6.45, 7) is 3.62.